The lowest BCUT2D eigenvalue weighted by molar-refractivity contribution is -0.137. The van der Waals surface area contributed by atoms with E-state index in [1.807, 2.05) is 67.0 Å². The van der Waals surface area contributed by atoms with E-state index in [9.17, 15) is 19.2 Å². The number of aliphatic carboxylic acids is 1. The smallest absolute Gasteiger partial charge is 0.322 e. The van der Waals surface area contributed by atoms with Crippen molar-refractivity contribution in [3.63, 3.8) is 0 Å². The summed E-state index contributed by atoms with van der Waals surface area (Å²) in [5.41, 5.74) is 13.7. The minimum Gasteiger partial charge on any atom is -0.494 e. The highest BCUT2D eigenvalue weighted by Crippen LogP contribution is 2.29. The van der Waals surface area contributed by atoms with E-state index >= 15 is 0 Å². The van der Waals surface area contributed by atoms with E-state index < -0.39 is 5.97 Å². The van der Waals surface area contributed by atoms with Crippen LogP contribution in [0.5, 0.6) is 5.75 Å². The summed E-state index contributed by atoms with van der Waals surface area (Å²) in [4.78, 5) is 53.4. The lowest BCUT2D eigenvalue weighted by atomic mass is 9.95. The van der Waals surface area contributed by atoms with Gasteiger partial charge in [-0.15, -0.1) is 11.3 Å². The number of carbonyl (C=O) groups excluding carboxylic acids is 3. The number of carboxylic acid groups (broad SMARTS) is 1. The number of aryl methyl sites for hydroxylation is 1. The van der Waals surface area contributed by atoms with Crippen LogP contribution in [-0.2, 0) is 26.2 Å². The third-order valence-electron chi connectivity index (χ3n) is 7.58. The molecule has 0 saturated carbocycles. The third kappa shape index (κ3) is 16.7. The van der Waals surface area contributed by atoms with Crippen molar-refractivity contribution in [3.05, 3.63) is 88.4 Å². The second-order valence-corrected chi connectivity index (χ2v) is 14.1. The summed E-state index contributed by atoms with van der Waals surface area (Å²) in [5.74, 6) is -0.412. The Balaban J connectivity index is 0.000000453. The lowest BCUT2D eigenvalue weighted by Crippen LogP contribution is -2.29. The van der Waals surface area contributed by atoms with Gasteiger partial charge in [-0.2, -0.15) is 0 Å². The Morgan fingerprint density at radius 2 is 1.40 bits per heavy atom. The van der Waals surface area contributed by atoms with Crippen LogP contribution >= 0.6 is 11.3 Å². The molecule has 11 nitrogen and oxygen atoms in total. The van der Waals surface area contributed by atoms with Crippen LogP contribution in [0.25, 0.3) is 22.5 Å². The van der Waals surface area contributed by atoms with Gasteiger partial charge >= 0.3 is 5.97 Å². The van der Waals surface area contributed by atoms with Crippen LogP contribution in [0.3, 0.4) is 0 Å². The molecule has 0 aliphatic carbocycles. The summed E-state index contributed by atoms with van der Waals surface area (Å²) in [6.45, 7) is 10.7. The number of hydrogen-bond donors (Lipinski definition) is 4. The zero-order valence-electron chi connectivity index (χ0n) is 30.9. The van der Waals surface area contributed by atoms with E-state index in [-0.39, 0.29) is 36.1 Å². The van der Waals surface area contributed by atoms with E-state index in [1.165, 1.54) is 41.9 Å². The fraction of sp³-hybridized carbons (Fsp3) is 0.400. The van der Waals surface area contributed by atoms with Gasteiger partial charge in [0.25, 0.3) is 5.91 Å². The van der Waals surface area contributed by atoms with Crippen molar-refractivity contribution in [2.75, 3.05) is 13.2 Å². The summed E-state index contributed by atoms with van der Waals surface area (Å²) >= 11 is 1.47. The predicted octanol–water partition coefficient (Wildman–Crippen LogP) is 7.32. The SMILES string of the molecule is CC(C)(C)c1ccc(C(N)=O)s1.CCC(N)=O.CCCCCCCOc1ccc(-c2cnc(-c3ccc(CCC(=O)NCC(=O)O)cc3)nc2)cc1. The second kappa shape index (κ2) is 22.7. The molecule has 0 aliphatic heterocycles. The van der Waals surface area contributed by atoms with E-state index in [2.05, 4.69) is 48.7 Å². The highest BCUT2D eigenvalue weighted by atomic mass is 32.1. The van der Waals surface area contributed by atoms with Crippen molar-refractivity contribution in [2.24, 2.45) is 11.5 Å². The molecule has 0 spiro atoms. The number of nitrogens with zero attached hydrogens (tertiary/aromatic N) is 2. The van der Waals surface area contributed by atoms with Crippen LogP contribution in [0.4, 0.5) is 0 Å². The van der Waals surface area contributed by atoms with Crippen molar-refractivity contribution in [3.8, 4) is 28.3 Å². The number of hydrogen-bond acceptors (Lipinski definition) is 8. The van der Waals surface area contributed by atoms with Crippen molar-refractivity contribution in [1.29, 1.82) is 0 Å². The fourth-order valence-corrected chi connectivity index (χ4v) is 5.40. The molecule has 0 aliphatic rings. The maximum absolute atomic E-state index is 11.7. The van der Waals surface area contributed by atoms with E-state index in [0.29, 0.717) is 23.5 Å². The Morgan fingerprint density at radius 3 is 1.90 bits per heavy atom. The number of benzene rings is 2. The first-order chi connectivity index (χ1) is 24.7. The molecule has 0 bridgehead atoms. The minimum absolute atomic E-state index is 0.109. The number of nitrogens with one attached hydrogen (secondary N) is 1. The molecule has 280 valence electrons. The average Bonchev–Trinajstić information content (AvgIpc) is 3.65. The Kier molecular flexibility index (Phi) is 18.8. The van der Waals surface area contributed by atoms with Crippen molar-refractivity contribution >= 4 is 35.0 Å². The van der Waals surface area contributed by atoms with E-state index in [1.54, 1.807) is 13.0 Å². The fourth-order valence-electron chi connectivity index (χ4n) is 4.48. The number of carboxylic acids is 1. The summed E-state index contributed by atoms with van der Waals surface area (Å²) in [5, 5.41) is 11.0. The molecule has 0 fully saturated rings. The molecule has 0 radical (unpaired) electrons. The summed E-state index contributed by atoms with van der Waals surface area (Å²) < 4.78 is 5.84. The van der Waals surface area contributed by atoms with Crippen molar-refractivity contribution in [2.45, 2.75) is 91.4 Å². The lowest BCUT2D eigenvalue weighted by Gasteiger charge is -2.14. The number of unbranched alkanes of at least 4 members (excludes halogenated alkanes) is 4. The molecule has 4 rings (SSSR count). The topological polar surface area (TPSA) is 188 Å². The largest absolute Gasteiger partial charge is 0.494 e. The van der Waals surface area contributed by atoms with Gasteiger partial charge < -0.3 is 26.6 Å². The number of aromatic nitrogens is 2. The number of ether oxygens (including phenoxy) is 1. The zero-order valence-corrected chi connectivity index (χ0v) is 31.8. The molecule has 0 atom stereocenters. The molecular weight excluding hydrogens is 679 g/mol. The summed E-state index contributed by atoms with van der Waals surface area (Å²) in [7, 11) is 0. The van der Waals surface area contributed by atoms with Gasteiger partial charge in [-0.25, -0.2) is 9.97 Å². The normalized spacial score (nSPS) is 10.6. The Morgan fingerprint density at radius 1 is 0.808 bits per heavy atom. The molecule has 0 unspecified atom stereocenters. The van der Waals surface area contributed by atoms with Gasteiger partial charge in [-0.3, -0.25) is 19.2 Å². The van der Waals surface area contributed by atoms with Crippen LogP contribution in [0.2, 0.25) is 0 Å². The number of rotatable bonds is 16. The molecule has 52 heavy (non-hydrogen) atoms. The van der Waals surface area contributed by atoms with Gasteiger partial charge in [0.2, 0.25) is 11.8 Å². The molecule has 4 aromatic rings. The van der Waals surface area contributed by atoms with Crippen LogP contribution in [0.1, 0.15) is 99.7 Å². The highest BCUT2D eigenvalue weighted by molar-refractivity contribution is 7.14. The first-order valence-corrected chi connectivity index (χ1v) is 18.4. The molecule has 12 heteroatoms. The van der Waals surface area contributed by atoms with Gasteiger partial charge in [0.15, 0.2) is 5.82 Å². The van der Waals surface area contributed by atoms with Gasteiger partial charge in [0, 0.05) is 41.2 Å². The monoisotopic (exact) mass is 731 g/mol. The van der Waals surface area contributed by atoms with Crippen molar-refractivity contribution in [1.82, 2.24) is 15.3 Å². The molecular formula is C40H53N5O6S. The molecule has 0 saturated heterocycles. The Bertz CT molecular complexity index is 1680. The van der Waals surface area contributed by atoms with Crippen molar-refractivity contribution < 1.29 is 29.0 Å². The number of carbonyl (C=O) groups is 4. The van der Waals surface area contributed by atoms with Gasteiger partial charge in [-0.1, -0.05) is 96.7 Å². The van der Waals surface area contributed by atoms with Crippen LogP contribution in [0, 0.1) is 0 Å². The number of thiophene rings is 1. The van der Waals surface area contributed by atoms with Crippen LogP contribution in [-0.4, -0.2) is 51.9 Å². The van der Waals surface area contributed by atoms with Crippen LogP contribution in [0.15, 0.2) is 73.1 Å². The summed E-state index contributed by atoms with van der Waals surface area (Å²) in [6.07, 6.45) is 10.9. The minimum atomic E-state index is -1.05. The zero-order chi connectivity index (χ0) is 38.5. The molecule has 2 aromatic heterocycles. The van der Waals surface area contributed by atoms with Gasteiger partial charge in [0.05, 0.1) is 11.5 Å². The molecule has 2 aromatic carbocycles. The number of amides is 3. The first kappa shape index (κ1) is 43.1. The highest BCUT2D eigenvalue weighted by Gasteiger charge is 2.17. The third-order valence-corrected chi connectivity index (χ3v) is 9.11. The van der Waals surface area contributed by atoms with E-state index in [0.717, 1.165) is 41.0 Å². The van der Waals surface area contributed by atoms with Gasteiger partial charge in [0.1, 0.15) is 12.3 Å². The van der Waals surface area contributed by atoms with Crippen LogP contribution < -0.4 is 21.5 Å². The second-order valence-electron chi connectivity index (χ2n) is 13.0. The Labute approximate surface area is 311 Å². The molecule has 2 heterocycles. The number of nitrogens with two attached hydrogens (primary N) is 2. The average molecular weight is 732 g/mol. The Hall–Kier alpha value is -5.10. The van der Waals surface area contributed by atoms with E-state index in [4.69, 9.17) is 15.6 Å². The maximum atomic E-state index is 11.7. The molecule has 3 amide bonds. The van der Waals surface area contributed by atoms with Gasteiger partial charge in [-0.05, 0) is 53.6 Å². The first-order valence-electron chi connectivity index (χ1n) is 17.5. The summed E-state index contributed by atoms with van der Waals surface area (Å²) in [6, 6.07) is 19.5. The predicted molar refractivity (Wildman–Crippen MR) is 207 cm³/mol. The standard InChI is InChI=1S/C28H33N3O4.C9H13NOS.C3H7NO/c1-2-3-4-5-6-17-35-25-14-12-22(13-15-25)24-18-30-28(31-19-24)23-10-7-21(8-11-23)9-16-26(32)29-20-27(33)34;1-9(2,3)7-5-4-6(12-7)8(10)11;1-2-3(4)5/h7-8,10-15,18-19H,2-6,9,16-17,20H2,1H3,(H,29,32)(H,33,34);4-5H,1-3H3,(H2,10,11);2H2,1H3,(H2,4,5). The number of primary amides is 2. The molecule has 6 N–H and O–H groups in total. The maximum Gasteiger partial charge on any atom is 0.322 e. The quantitative estimate of drug-likeness (QED) is 0.0863.